The van der Waals surface area contributed by atoms with Gasteiger partial charge in [0.25, 0.3) is 0 Å². The summed E-state index contributed by atoms with van der Waals surface area (Å²) in [5, 5.41) is 3.97. The number of piperazine rings is 1. The van der Waals surface area contributed by atoms with Gasteiger partial charge >= 0.3 is 0 Å². The molecule has 0 saturated carbocycles. The number of rotatable bonds is 8. The van der Waals surface area contributed by atoms with Crippen LogP contribution >= 0.6 is 11.8 Å². The zero-order valence-corrected chi connectivity index (χ0v) is 21.6. The molecule has 0 radical (unpaired) electrons. The number of imidazole rings is 1. The fourth-order valence-electron chi connectivity index (χ4n) is 4.08. The monoisotopic (exact) mass is 471 g/mol. The van der Waals surface area contributed by atoms with Crippen LogP contribution in [0.2, 0.25) is 0 Å². The molecular weight excluding hydrogens is 434 g/mol. The lowest BCUT2D eigenvalue weighted by molar-refractivity contribution is -0.130. The molecule has 0 atom stereocenters. The molecule has 0 spiro atoms. The summed E-state index contributed by atoms with van der Waals surface area (Å²) < 4.78 is 2.23. The maximum atomic E-state index is 12.8. The van der Waals surface area contributed by atoms with Gasteiger partial charge in [0.15, 0.2) is 5.16 Å². The minimum Gasteiger partial charge on any atom is -0.339 e. The number of amides is 2. The Balaban J connectivity index is 1.47. The molecule has 180 valence electrons. The van der Waals surface area contributed by atoms with Gasteiger partial charge in [-0.3, -0.25) is 14.5 Å². The van der Waals surface area contributed by atoms with Crippen molar-refractivity contribution in [2.45, 2.75) is 53.2 Å². The Morgan fingerprint density at radius 1 is 1.06 bits per heavy atom. The highest BCUT2D eigenvalue weighted by Crippen LogP contribution is 2.23. The number of nitrogens with zero attached hydrogens (tertiary/aromatic N) is 4. The van der Waals surface area contributed by atoms with Crippen LogP contribution in [0.5, 0.6) is 0 Å². The second-order valence-corrected chi connectivity index (χ2v) is 10.3. The maximum absolute atomic E-state index is 12.8. The number of hydrogen-bond acceptors (Lipinski definition) is 5. The molecule has 1 aromatic carbocycles. The Hall–Kier alpha value is -2.32. The van der Waals surface area contributed by atoms with E-state index in [2.05, 4.69) is 40.5 Å². The number of benzene rings is 1. The standard InChI is InChI=1S/C25H37N5O2S/c1-17(2)14-30-21(6)20(5)26-25(30)33-16-23(32)29-12-10-28(11-13-29)15-22(31)27-24-18(3)8-7-9-19(24)4/h7-9,17H,10-16H2,1-6H3,(H,27,31). The van der Waals surface area contributed by atoms with Gasteiger partial charge in [-0.2, -0.15) is 0 Å². The van der Waals surface area contributed by atoms with Crippen molar-refractivity contribution in [3.8, 4) is 0 Å². The van der Waals surface area contributed by atoms with Crippen molar-refractivity contribution in [1.82, 2.24) is 19.4 Å². The summed E-state index contributed by atoms with van der Waals surface area (Å²) in [7, 11) is 0. The van der Waals surface area contributed by atoms with Gasteiger partial charge in [0.2, 0.25) is 11.8 Å². The van der Waals surface area contributed by atoms with E-state index < -0.39 is 0 Å². The highest BCUT2D eigenvalue weighted by atomic mass is 32.2. The first-order valence-electron chi connectivity index (χ1n) is 11.7. The van der Waals surface area contributed by atoms with Crippen LogP contribution in [0.15, 0.2) is 23.4 Å². The Bertz CT molecular complexity index is 973. The van der Waals surface area contributed by atoms with E-state index in [4.69, 9.17) is 0 Å². The molecular formula is C25H37N5O2S. The van der Waals surface area contributed by atoms with Crippen molar-refractivity contribution >= 4 is 29.3 Å². The van der Waals surface area contributed by atoms with Crippen molar-refractivity contribution < 1.29 is 9.59 Å². The van der Waals surface area contributed by atoms with Gasteiger partial charge in [-0.1, -0.05) is 43.8 Å². The molecule has 2 heterocycles. The van der Waals surface area contributed by atoms with Crippen LogP contribution in [0.3, 0.4) is 0 Å². The molecule has 0 unspecified atom stereocenters. The quantitative estimate of drug-likeness (QED) is 0.595. The smallest absolute Gasteiger partial charge is 0.238 e. The van der Waals surface area contributed by atoms with Crippen LogP contribution in [0.4, 0.5) is 5.69 Å². The van der Waals surface area contributed by atoms with Gasteiger partial charge in [-0.25, -0.2) is 4.98 Å². The molecule has 3 rings (SSSR count). The van der Waals surface area contributed by atoms with Crippen LogP contribution in [-0.4, -0.2) is 69.6 Å². The van der Waals surface area contributed by atoms with Gasteiger partial charge in [0.1, 0.15) is 0 Å². The van der Waals surface area contributed by atoms with Crippen LogP contribution in [0, 0.1) is 33.6 Å². The topological polar surface area (TPSA) is 70.5 Å². The number of anilines is 1. The lowest BCUT2D eigenvalue weighted by Gasteiger charge is -2.34. The van der Waals surface area contributed by atoms with Crippen molar-refractivity contribution in [2.75, 3.05) is 43.8 Å². The van der Waals surface area contributed by atoms with Crippen molar-refractivity contribution in [2.24, 2.45) is 5.92 Å². The SMILES string of the molecule is Cc1cccc(C)c1NC(=O)CN1CCN(C(=O)CSc2nc(C)c(C)n2CC(C)C)CC1. The lowest BCUT2D eigenvalue weighted by Crippen LogP contribution is -2.51. The first-order chi connectivity index (χ1) is 15.7. The summed E-state index contributed by atoms with van der Waals surface area (Å²) in [5.74, 6) is 1.04. The first kappa shape index (κ1) is 25.3. The predicted molar refractivity (Wildman–Crippen MR) is 135 cm³/mol. The van der Waals surface area contributed by atoms with Gasteiger partial charge in [-0.05, 0) is 44.7 Å². The third-order valence-corrected chi connectivity index (χ3v) is 7.09. The largest absolute Gasteiger partial charge is 0.339 e. The van der Waals surface area contributed by atoms with Gasteiger partial charge in [0, 0.05) is 44.1 Å². The van der Waals surface area contributed by atoms with Crippen molar-refractivity contribution in [3.05, 3.63) is 40.7 Å². The molecule has 1 fully saturated rings. The summed E-state index contributed by atoms with van der Waals surface area (Å²) in [4.78, 5) is 34.1. The molecule has 1 aliphatic heterocycles. The molecule has 1 aromatic heterocycles. The third-order valence-electron chi connectivity index (χ3n) is 6.13. The first-order valence-corrected chi connectivity index (χ1v) is 12.7. The number of para-hydroxylation sites is 1. The molecule has 2 amide bonds. The second kappa shape index (κ2) is 11.2. The zero-order valence-electron chi connectivity index (χ0n) is 20.8. The van der Waals surface area contributed by atoms with Crippen LogP contribution < -0.4 is 5.32 Å². The molecule has 1 N–H and O–H groups in total. The molecule has 33 heavy (non-hydrogen) atoms. The lowest BCUT2D eigenvalue weighted by atomic mass is 10.1. The van der Waals surface area contributed by atoms with E-state index in [0.29, 0.717) is 44.4 Å². The molecule has 2 aromatic rings. The average Bonchev–Trinajstić information content (AvgIpc) is 3.02. The van der Waals surface area contributed by atoms with Crippen LogP contribution in [0.1, 0.15) is 36.4 Å². The van der Waals surface area contributed by atoms with E-state index in [1.54, 1.807) is 0 Å². The number of aromatic nitrogens is 2. The average molecular weight is 472 g/mol. The van der Waals surface area contributed by atoms with Crippen LogP contribution in [-0.2, 0) is 16.1 Å². The van der Waals surface area contributed by atoms with Gasteiger partial charge in [-0.15, -0.1) is 0 Å². The van der Waals surface area contributed by atoms with E-state index in [1.165, 1.54) is 17.5 Å². The molecule has 1 saturated heterocycles. The number of thioether (sulfide) groups is 1. The van der Waals surface area contributed by atoms with E-state index in [9.17, 15) is 9.59 Å². The number of carbonyl (C=O) groups is 2. The summed E-state index contributed by atoms with van der Waals surface area (Å²) in [6.07, 6.45) is 0. The number of nitrogens with one attached hydrogen (secondary N) is 1. The fraction of sp³-hybridized carbons (Fsp3) is 0.560. The molecule has 8 heteroatoms. The molecule has 7 nitrogen and oxygen atoms in total. The summed E-state index contributed by atoms with van der Waals surface area (Å²) in [6, 6.07) is 6.00. The van der Waals surface area contributed by atoms with E-state index in [1.807, 2.05) is 43.9 Å². The normalized spacial score (nSPS) is 14.7. The Labute approximate surface area is 201 Å². The van der Waals surface area contributed by atoms with Crippen molar-refractivity contribution in [1.29, 1.82) is 0 Å². The highest BCUT2D eigenvalue weighted by molar-refractivity contribution is 7.99. The van der Waals surface area contributed by atoms with E-state index in [-0.39, 0.29) is 11.8 Å². The fourth-order valence-corrected chi connectivity index (χ4v) is 5.08. The summed E-state index contributed by atoms with van der Waals surface area (Å²) in [6.45, 7) is 16.5. The van der Waals surface area contributed by atoms with E-state index >= 15 is 0 Å². The third kappa shape index (κ3) is 6.60. The highest BCUT2D eigenvalue weighted by Gasteiger charge is 2.23. The van der Waals surface area contributed by atoms with Crippen LogP contribution in [0.25, 0.3) is 0 Å². The van der Waals surface area contributed by atoms with Gasteiger partial charge < -0.3 is 14.8 Å². The predicted octanol–water partition coefficient (Wildman–Crippen LogP) is 3.65. The number of hydrogen-bond donors (Lipinski definition) is 1. The second-order valence-electron chi connectivity index (χ2n) is 9.33. The summed E-state index contributed by atoms with van der Waals surface area (Å²) >= 11 is 1.52. The summed E-state index contributed by atoms with van der Waals surface area (Å²) in [5.41, 5.74) is 5.23. The maximum Gasteiger partial charge on any atom is 0.238 e. The Morgan fingerprint density at radius 3 is 2.30 bits per heavy atom. The minimum atomic E-state index is -0.00883. The minimum absolute atomic E-state index is 0.00883. The molecule has 0 bridgehead atoms. The Morgan fingerprint density at radius 2 is 1.70 bits per heavy atom. The van der Waals surface area contributed by atoms with Gasteiger partial charge in [0.05, 0.1) is 18.0 Å². The number of aryl methyl sites for hydroxylation is 3. The molecule has 0 aliphatic carbocycles. The number of carbonyl (C=O) groups excluding carboxylic acids is 2. The van der Waals surface area contributed by atoms with E-state index in [0.717, 1.165) is 34.2 Å². The molecule has 1 aliphatic rings. The Kier molecular flexibility index (Phi) is 8.59. The zero-order chi connectivity index (χ0) is 24.1. The van der Waals surface area contributed by atoms with Crippen molar-refractivity contribution in [3.63, 3.8) is 0 Å².